The summed E-state index contributed by atoms with van der Waals surface area (Å²) >= 11 is 0. The highest BCUT2D eigenvalue weighted by molar-refractivity contribution is 7.73. The van der Waals surface area contributed by atoms with Crippen LogP contribution in [0.25, 0.3) is 11.8 Å². The summed E-state index contributed by atoms with van der Waals surface area (Å²) in [5.74, 6) is 1.27. The minimum Gasteiger partial charge on any atom is -0.364 e. The summed E-state index contributed by atoms with van der Waals surface area (Å²) in [7, 11) is -0.441. The summed E-state index contributed by atoms with van der Waals surface area (Å²) in [5.41, 5.74) is 3.06. The summed E-state index contributed by atoms with van der Waals surface area (Å²) in [6.45, 7) is 2.56. The number of hydrogen-bond acceptors (Lipinski definition) is 2. The largest absolute Gasteiger partial charge is 0.364 e. The summed E-state index contributed by atoms with van der Waals surface area (Å²) in [6, 6.07) is 16.8. The van der Waals surface area contributed by atoms with Crippen molar-refractivity contribution < 1.29 is 0 Å². The SMILES string of the molecule is C.CC1C2CC(P(C3=CC=CCC3)c3ccccc3)=CCC2N(C2=c3cccnc3=CCC2)[C@H]1/C=C\CCCC1=CCCC=C1. The van der Waals surface area contributed by atoms with E-state index in [4.69, 9.17) is 4.98 Å². The Morgan fingerprint density at radius 2 is 1.84 bits per heavy atom. The summed E-state index contributed by atoms with van der Waals surface area (Å²) in [6.07, 6.45) is 39.2. The van der Waals surface area contributed by atoms with Gasteiger partial charge >= 0.3 is 0 Å². The van der Waals surface area contributed by atoms with E-state index < -0.39 is 7.92 Å². The first-order valence-corrected chi connectivity index (χ1v) is 18.5. The van der Waals surface area contributed by atoms with Crippen molar-refractivity contribution in [2.45, 2.75) is 97.1 Å². The van der Waals surface area contributed by atoms with E-state index in [1.54, 1.807) is 10.6 Å². The van der Waals surface area contributed by atoms with E-state index in [0.717, 1.165) is 25.7 Å². The maximum atomic E-state index is 4.79. The van der Waals surface area contributed by atoms with Crippen LogP contribution in [0.5, 0.6) is 0 Å². The van der Waals surface area contributed by atoms with Gasteiger partial charge < -0.3 is 4.90 Å². The maximum absolute atomic E-state index is 4.79. The molecule has 0 amide bonds. The first-order chi connectivity index (χ1) is 21.8. The average Bonchev–Trinajstić information content (AvgIpc) is 3.36. The van der Waals surface area contributed by atoms with Crippen LogP contribution >= 0.6 is 7.92 Å². The Balaban J connectivity index is 0.00000357. The molecule has 0 bridgehead atoms. The van der Waals surface area contributed by atoms with Gasteiger partial charge in [-0.1, -0.05) is 111 Å². The number of pyridine rings is 1. The van der Waals surface area contributed by atoms with Gasteiger partial charge in [0, 0.05) is 23.2 Å². The van der Waals surface area contributed by atoms with Gasteiger partial charge in [-0.05, 0) is 118 Å². The van der Waals surface area contributed by atoms with Gasteiger partial charge in [-0.2, -0.15) is 0 Å². The molecule has 234 valence electrons. The zero-order chi connectivity index (χ0) is 29.7. The van der Waals surface area contributed by atoms with Crippen LogP contribution < -0.4 is 15.9 Å². The van der Waals surface area contributed by atoms with Crippen molar-refractivity contribution in [3.05, 3.63) is 130 Å². The van der Waals surface area contributed by atoms with Crippen molar-refractivity contribution in [1.82, 2.24) is 9.88 Å². The van der Waals surface area contributed by atoms with Gasteiger partial charge in [0.15, 0.2) is 0 Å². The number of allylic oxidation sites excluding steroid dienone is 10. The third-order valence-electron chi connectivity index (χ3n) is 10.4. The molecule has 45 heavy (non-hydrogen) atoms. The van der Waals surface area contributed by atoms with Crippen molar-refractivity contribution in [2.75, 3.05) is 0 Å². The normalized spacial score (nSPS) is 26.3. The molecule has 1 aromatic heterocycles. The molecular formula is C42H51N2P. The number of hydrogen-bond donors (Lipinski definition) is 0. The molecule has 5 aliphatic rings. The van der Waals surface area contributed by atoms with Crippen LogP contribution in [0.4, 0.5) is 0 Å². The minimum atomic E-state index is -0.441. The molecule has 1 aliphatic heterocycles. The molecule has 2 nitrogen and oxygen atoms in total. The standard InChI is InChI=1S/C41H47N2P.CH4/c1-31-37-30-35(44(33-19-9-4-10-20-33)34-21-11-5-12-22-34)27-28-41(37)43(40-26-14-24-38-36(40)23-15-29-42-38)39(31)25-13-3-8-18-32-16-6-2-7-17-32;/h4-6,9-11,13,15-17,19-21,23-25,27,29,31,37,39,41H,2-3,7-8,12,14,18,22,26,28,30H2,1H3;1H4/b25-13-;/t31?,37?,39-,41?,44?;/m0./s1. The monoisotopic (exact) mass is 614 g/mol. The number of rotatable bonds is 9. The van der Waals surface area contributed by atoms with Crippen LogP contribution in [0.2, 0.25) is 0 Å². The summed E-state index contributed by atoms with van der Waals surface area (Å²) in [4.78, 5) is 7.67. The molecule has 5 atom stereocenters. The van der Waals surface area contributed by atoms with Crippen LogP contribution in [0, 0.1) is 11.8 Å². The second-order valence-electron chi connectivity index (χ2n) is 13.1. The predicted octanol–water partition coefficient (Wildman–Crippen LogP) is 9.43. The van der Waals surface area contributed by atoms with Crippen LogP contribution in [0.15, 0.2) is 120 Å². The van der Waals surface area contributed by atoms with Gasteiger partial charge in [0.25, 0.3) is 0 Å². The Bertz CT molecular complexity index is 1640. The Kier molecular flexibility index (Phi) is 10.5. The maximum Gasteiger partial charge on any atom is 0.0679 e. The van der Waals surface area contributed by atoms with E-state index in [9.17, 15) is 0 Å². The van der Waals surface area contributed by atoms with E-state index in [1.807, 2.05) is 6.20 Å². The first-order valence-electron chi connectivity index (χ1n) is 17.1. The van der Waals surface area contributed by atoms with Crippen LogP contribution in [0.3, 0.4) is 0 Å². The van der Waals surface area contributed by atoms with Crippen LogP contribution in [-0.2, 0) is 0 Å². The molecule has 2 aromatic rings. The van der Waals surface area contributed by atoms with Crippen molar-refractivity contribution >= 4 is 25.0 Å². The van der Waals surface area contributed by atoms with Gasteiger partial charge in [0.2, 0.25) is 0 Å². The second-order valence-corrected chi connectivity index (χ2v) is 15.5. The molecule has 7 rings (SSSR count). The molecule has 0 N–H and O–H groups in total. The summed E-state index contributed by atoms with van der Waals surface area (Å²) in [5, 5.41) is 7.42. The topological polar surface area (TPSA) is 16.1 Å². The van der Waals surface area contributed by atoms with Gasteiger partial charge in [0.1, 0.15) is 0 Å². The molecule has 2 heterocycles. The molecular weight excluding hydrogens is 563 g/mol. The zero-order valence-corrected chi connectivity index (χ0v) is 27.2. The van der Waals surface area contributed by atoms with Crippen molar-refractivity contribution in [2.24, 2.45) is 11.8 Å². The average molecular weight is 615 g/mol. The quantitative estimate of drug-likeness (QED) is 0.159. The van der Waals surface area contributed by atoms with E-state index in [-0.39, 0.29) is 7.43 Å². The molecule has 4 aliphatic carbocycles. The van der Waals surface area contributed by atoms with Crippen molar-refractivity contribution in [3.63, 3.8) is 0 Å². The molecule has 4 unspecified atom stereocenters. The number of aromatic nitrogens is 1. The fourth-order valence-corrected chi connectivity index (χ4v) is 11.0. The number of unbranched alkanes of at least 4 members (excludes halogenated alkanes) is 1. The van der Waals surface area contributed by atoms with E-state index >= 15 is 0 Å². The molecule has 3 heteroatoms. The highest BCUT2D eigenvalue weighted by atomic mass is 31.1. The molecule has 1 saturated heterocycles. The minimum absolute atomic E-state index is 0. The fraction of sp³-hybridized carbons (Fsp3) is 0.405. The zero-order valence-electron chi connectivity index (χ0n) is 26.3. The van der Waals surface area contributed by atoms with Gasteiger partial charge in [-0.25, -0.2) is 0 Å². The third kappa shape index (κ3) is 6.83. The van der Waals surface area contributed by atoms with Crippen LogP contribution in [-0.4, -0.2) is 22.0 Å². The van der Waals surface area contributed by atoms with Crippen molar-refractivity contribution in [1.29, 1.82) is 0 Å². The molecule has 0 spiro atoms. The fourth-order valence-electron chi connectivity index (χ4n) is 8.26. The molecule has 0 saturated carbocycles. The van der Waals surface area contributed by atoms with Gasteiger partial charge in [0.05, 0.1) is 11.4 Å². The summed E-state index contributed by atoms with van der Waals surface area (Å²) < 4.78 is 0. The lowest BCUT2D eigenvalue weighted by Gasteiger charge is -2.38. The Labute approximate surface area is 273 Å². The number of nitrogens with zero attached hydrogens (tertiary/aromatic N) is 2. The lowest BCUT2D eigenvalue weighted by molar-refractivity contribution is 0.279. The third-order valence-corrected chi connectivity index (χ3v) is 13.1. The number of fused-ring (bicyclic) bond motifs is 2. The lowest BCUT2D eigenvalue weighted by atomic mass is 9.82. The van der Waals surface area contributed by atoms with Gasteiger partial charge in [-0.3, -0.25) is 4.98 Å². The second kappa shape index (κ2) is 14.9. The van der Waals surface area contributed by atoms with Gasteiger partial charge in [-0.15, -0.1) is 0 Å². The van der Waals surface area contributed by atoms with E-state index in [1.165, 1.54) is 72.1 Å². The van der Waals surface area contributed by atoms with Crippen LogP contribution in [0.1, 0.15) is 85.0 Å². The molecule has 1 fully saturated rings. The smallest absolute Gasteiger partial charge is 0.0679 e. The predicted molar refractivity (Wildman–Crippen MR) is 196 cm³/mol. The highest BCUT2D eigenvalue weighted by Crippen LogP contribution is 2.59. The number of likely N-dealkylation sites (tertiary alicyclic amines) is 1. The number of benzene rings is 1. The Morgan fingerprint density at radius 1 is 0.933 bits per heavy atom. The molecule has 0 radical (unpaired) electrons. The van der Waals surface area contributed by atoms with E-state index in [0.29, 0.717) is 23.9 Å². The molecule has 1 aromatic carbocycles. The first kappa shape index (κ1) is 31.7. The van der Waals surface area contributed by atoms with E-state index in [2.05, 4.69) is 115 Å². The Morgan fingerprint density at radius 3 is 2.67 bits per heavy atom. The lowest BCUT2D eigenvalue weighted by Crippen LogP contribution is -2.44. The highest BCUT2D eigenvalue weighted by Gasteiger charge is 2.48. The van der Waals surface area contributed by atoms with Crippen molar-refractivity contribution in [3.8, 4) is 0 Å². The Hall–Kier alpha value is -3.22.